The first kappa shape index (κ1) is 16.2. The van der Waals surface area contributed by atoms with Crippen molar-refractivity contribution in [2.24, 2.45) is 10.7 Å². The maximum atomic E-state index is 13.6. The van der Waals surface area contributed by atoms with E-state index in [9.17, 15) is 14.4 Å². The van der Waals surface area contributed by atoms with Crippen molar-refractivity contribution in [3.8, 4) is 0 Å². The minimum atomic E-state index is -1.67. The Hall–Kier alpha value is -4.01. The van der Waals surface area contributed by atoms with Crippen molar-refractivity contribution in [1.82, 2.24) is 9.55 Å². The van der Waals surface area contributed by atoms with Crippen LogP contribution in [0.2, 0.25) is 0 Å². The highest BCUT2D eigenvalue weighted by Crippen LogP contribution is 2.47. The van der Waals surface area contributed by atoms with Gasteiger partial charge in [-0.25, -0.2) is 9.89 Å². The van der Waals surface area contributed by atoms with Gasteiger partial charge in [0.25, 0.3) is 17.1 Å². The Morgan fingerprint density at radius 3 is 2.61 bits per heavy atom. The third-order valence-electron chi connectivity index (χ3n) is 4.98. The second kappa shape index (κ2) is 5.26. The second-order valence-corrected chi connectivity index (χ2v) is 6.56. The van der Waals surface area contributed by atoms with Crippen LogP contribution in [-0.4, -0.2) is 27.3 Å². The number of rotatable bonds is 0. The molecule has 0 aliphatic carbocycles. The first-order chi connectivity index (χ1) is 13.4. The van der Waals surface area contributed by atoms with E-state index in [0.717, 1.165) is 4.90 Å². The molecule has 2 aliphatic rings. The normalized spacial score (nSPS) is 20.0. The Kier molecular flexibility index (Phi) is 3.04. The molecule has 5 rings (SSSR count). The van der Waals surface area contributed by atoms with Gasteiger partial charge in [0.2, 0.25) is 11.9 Å². The fraction of sp³-hybridized carbons (Fsp3) is 0.105. The van der Waals surface area contributed by atoms with Crippen molar-refractivity contribution in [1.29, 1.82) is 0 Å². The largest absolute Gasteiger partial charge is 0.370 e. The molecule has 1 spiro atoms. The molecule has 0 bridgehead atoms. The van der Waals surface area contributed by atoms with E-state index in [4.69, 9.17) is 5.73 Å². The molecule has 0 unspecified atom stereocenters. The molecule has 2 amide bonds. The minimum absolute atomic E-state index is 0.0734. The average Bonchev–Trinajstić information content (AvgIpc) is 2.90. The van der Waals surface area contributed by atoms with Crippen molar-refractivity contribution < 1.29 is 9.59 Å². The van der Waals surface area contributed by atoms with E-state index in [1.54, 1.807) is 48.5 Å². The average molecular weight is 374 g/mol. The number of benzene rings is 2. The van der Waals surface area contributed by atoms with Gasteiger partial charge in [0.1, 0.15) is 0 Å². The van der Waals surface area contributed by atoms with Gasteiger partial charge in [0.05, 0.1) is 16.6 Å². The van der Waals surface area contributed by atoms with Crippen LogP contribution < -0.4 is 21.5 Å². The fourth-order valence-corrected chi connectivity index (χ4v) is 3.93. The van der Waals surface area contributed by atoms with Gasteiger partial charge in [-0.1, -0.05) is 30.3 Å². The summed E-state index contributed by atoms with van der Waals surface area (Å²) in [6.45, 7) is 1.31. The van der Waals surface area contributed by atoms with Gasteiger partial charge in [-0.15, -0.1) is 0 Å². The van der Waals surface area contributed by atoms with Gasteiger partial charge in [0, 0.05) is 12.5 Å². The molecule has 0 saturated heterocycles. The molecule has 0 saturated carbocycles. The zero-order valence-electron chi connectivity index (χ0n) is 14.7. The summed E-state index contributed by atoms with van der Waals surface area (Å²) in [6, 6.07) is 13.7. The van der Waals surface area contributed by atoms with Gasteiger partial charge >= 0.3 is 0 Å². The SMILES string of the molecule is CC(=O)N1C(=O)[C@]2(N=C(N)Nc3nc(=O)c4ccccc4n32)c2ccccc21. The van der Waals surface area contributed by atoms with E-state index < -0.39 is 23.0 Å². The summed E-state index contributed by atoms with van der Waals surface area (Å²) in [4.78, 5) is 48.0. The number of fused-ring (bicyclic) bond motifs is 6. The van der Waals surface area contributed by atoms with Crippen LogP contribution in [0.3, 0.4) is 0 Å². The lowest BCUT2D eigenvalue weighted by Gasteiger charge is -2.34. The Bertz CT molecular complexity index is 1290. The van der Waals surface area contributed by atoms with Gasteiger partial charge in [-0.2, -0.15) is 4.98 Å². The van der Waals surface area contributed by atoms with E-state index >= 15 is 0 Å². The summed E-state index contributed by atoms with van der Waals surface area (Å²) in [5.74, 6) is -1.01. The molecule has 28 heavy (non-hydrogen) atoms. The number of guanidine groups is 1. The molecule has 1 aromatic heterocycles. The van der Waals surface area contributed by atoms with Crippen molar-refractivity contribution in [2.45, 2.75) is 12.6 Å². The van der Waals surface area contributed by atoms with Crippen LogP contribution in [0, 0.1) is 0 Å². The van der Waals surface area contributed by atoms with Crippen LogP contribution in [0.4, 0.5) is 11.6 Å². The summed E-state index contributed by atoms with van der Waals surface area (Å²) in [5.41, 5.74) is 5.20. The summed E-state index contributed by atoms with van der Waals surface area (Å²) in [5, 5.41) is 3.09. The predicted molar refractivity (Wildman–Crippen MR) is 103 cm³/mol. The predicted octanol–water partition coefficient (Wildman–Crippen LogP) is 0.731. The topological polar surface area (TPSA) is 123 Å². The summed E-state index contributed by atoms with van der Waals surface area (Å²) in [6.07, 6.45) is 0. The lowest BCUT2D eigenvalue weighted by Crippen LogP contribution is -2.51. The van der Waals surface area contributed by atoms with E-state index in [1.807, 2.05) is 0 Å². The van der Waals surface area contributed by atoms with Crippen LogP contribution in [0.15, 0.2) is 58.3 Å². The molecule has 138 valence electrons. The van der Waals surface area contributed by atoms with Crippen LogP contribution in [0.1, 0.15) is 12.5 Å². The Labute approximate surface area is 158 Å². The van der Waals surface area contributed by atoms with Crippen molar-refractivity contribution in [2.75, 3.05) is 10.2 Å². The fourth-order valence-electron chi connectivity index (χ4n) is 3.93. The number of nitrogens with two attached hydrogens (primary N) is 1. The molecular formula is C19H14N6O3. The van der Waals surface area contributed by atoms with E-state index in [0.29, 0.717) is 22.2 Å². The molecular weight excluding hydrogens is 360 g/mol. The van der Waals surface area contributed by atoms with Crippen molar-refractivity contribution in [3.63, 3.8) is 0 Å². The summed E-state index contributed by atoms with van der Waals surface area (Å²) in [7, 11) is 0. The van der Waals surface area contributed by atoms with Gasteiger partial charge in [0.15, 0.2) is 5.96 Å². The Balaban J connectivity index is 1.99. The zero-order valence-corrected chi connectivity index (χ0v) is 14.7. The molecule has 0 radical (unpaired) electrons. The molecule has 1 atom stereocenters. The smallest absolute Gasteiger partial charge is 0.288 e. The Morgan fingerprint density at radius 2 is 1.82 bits per heavy atom. The number of hydrogen-bond donors (Lipinski definition) is 2. The van der Waals surface area contributed by atoms with Crippen molar-refractivity contribution in [3.05, 3.63) is 64.4 Å². The van der Waals surface area contributed by atoms with Crippen LogP contribution in [-0.2, 0) is 15.3 Å². The number of nitrogens with zero attached hydrogens (tertiary/aromatic N) is 4. The third-order valence-corrected chi connectivity index (χ3v) is 4.98. The lowest BCUT2D eigenvalue weighted by molar-refractivity contribution is -0.128. The number of aromatic nitrogens is 2. The molecule has 2 aromatic carbocycles. The number of nitrogens with one attached hydrogen (secondary N) is 1. The molecule has 0 fully saturated rings. The first-order valence-electron chi connectivity index (χ1n) is 8.54. The number of anilines is 2. The maximum Gasteiger partial charge on any atom is 0.288 e. The molecule has 2 aliphatic heterocycles. The number of imide groups is 1. The number of aliphatic imine (C=N–C) groups is 1. The van der Waals surface area contributed by atoms with Gasteiger partial charge in [-0.3, -0.25) is 24.3 Å². The highest BCUT2D eigenvalue weighted by atomic mass is 16.2. The van der Waals surface area contributed by atoms with Crippen LogP contribution in [0.5, 0.6) is 0 Å². The standard InChI is InChI=1S/C19H14N6O3/c1-10(26)24-14-9-5-3-7-12(14)19(16(24)28)23-17(20)22-18-21-15(27)11-6-2-4-8-13(11)25(18)19/h2-9H,1H3,(H3,20,21,22,23,27)/t19-/m0/s1. The lowest BCUT2D eigenvalue weighted by atomic mass is 9.99. The quantitative estimate of drug-likeness (QED) is 0.598. The van der Waals surface area contributed by atoms with Crippen LogP contribution in [0.25, 0.3) is 10.9 Å². The molecule has 3 aromatic rings. The number of para-hydroxylation sites is 2. The van der Waals surface area contributed by atoms with E-state index in [2.05, 4.69) is 15.3 Å². The van der Waals surface area contributed by atoms with E-state index in [1.165, 1.54) is 11.5 Å². The van der Waals surface area contributed by atoms with Crippen LogP contribution >= 0.6 is 0 Å². The second-order valence-electron chi connectivity index (χ2n) is 6.56. The number of amides is 2. The number of carbonyl (C=O) groups is 2. The number of carbonyl (C=O) groups excluding carboxylic acids is 2. The monoisotopic (exact) mass is 374 g/mol. The van der Waals surface area contributed by atoms with Crippen molar-refractivity contribution >= 4 is 40.3 Å². The Morgan fingerprint density at radius 1 is 1.11 bits per heavy atom. The third kappa shape index (κ3) is 1.82. The highest BCUT2D eigenvalue weighted by molar-refractivity contribution is 6.23. The highest BCUT2D eigenvalue weighted by Gasteiger charge is 2.57. The molecule has 9 nitrogen and oxygen atoms in total. The molecule has 3 N–H and O–H groups in total. The first-order valence-corrected chi connectivity index (χ1v) is 8.54. The summed E-state index contributed by atoms with van der Waals surface area (Å²) >= 11 is 0. The summed E-state index contributed by atoms with van der Waals surface area (Å²) < 4.78 is 1.53. The molecule has 9 heteroatoms. The van der Waals surface area contributed by atoms with Gasteiger partial charge < -0.3 is 5.73 Å². The van der Waals surface area contributed by atoms with E-state index in [-0.39, 0.29) is 11.9 Å². The van der Waals surface area contributed by atoms with Gasteiger partial charge in [-0.05, 0) is 18.2 Å². The maximum absolute atomic E-state index is 13.6. The minimum Gasteiger partial charge on any atom is -0.370 e. The zero-order chi connectivity index (χ0) is 19.6. The molecule has 3 heterocycles. The number of hydrogen-bond acceptors (Lipinski definition) is 7.